The van der Waals surface area contributed by atoms with Gasteiger partial charge in [-0.1, -0.05) is 44.2 Å². The van der Waals surface area contributed by atoms with Crippen molar-refractivity contribution in [1.29, 1.82) is 0 Å². The van der Waals surface area contributed by atoms with E-state index in [0.717, 1.165) is 12.4 Å². The molecule has 0 saturated heterocycles. The third-order valence-electron chi connectivity index (χ3n) is 3.69. The third-order valence-corrected chi connectivity index (χ3v) is 3.69. The second kappa shape index (κ2) is 4.45. The predicted octanol–water partition coefficient (Wildman–Crippen LogP) is 3.76. The van der Waals surface area contributed by atoms with E-state index in [0.29, 0.717) is 11.8 Å². The number of hydrogen-bond acceptors (Lipinski definition) is 2. The van der Waals surface area contributed by atoms with E-state index in [9.17, 15) is 0 Å². The van der Waals surface area contributed by atoms with Crippen LogP contribution in [0.25, 0.3) is 0 Å². The van der Waals surface area contributed by atoms with Crippen LogP contribution in [0, 0.1) is 0 Å². The Balaban J connectivity index is 1.93. The van der Waals surface area contributed by atoms with Crippen LogP contribution < -0.4 is 5.32 Å². The zero-order chi connectivity index (χ0) is 12.5. The maximum atomic E-state index is 4.37. The van der Waals surface area contributed by atoms with Crippen LogP contribution in [0.3, 0.4) is 0 Å². The van der Waals surface area contributed by atoms with E-state index in [-0.39, 0.29) is 0 Å². The molecule has 18 heavy (non-hydrogen) atoms. The molecule has 0 aliphatic carbocycles. The lowest BCUT2D eigenvalue weighted by Gasteiger charge is -2.12. The molecule has 2 aromatic rings. The summed E-state index contributed by atoms with van der Waals surface area (Å²) < 4.78 is 0. The number of benzene rings is 1. The molecule has 0 bridgehead atoms. The molecule has 0 spiro atoms. The molecule has 0 fully saturated rings. The van der Waals surface area contributed by atoms with Crippen molar-refractivity contribution in [2.75, 3.05) is 11.9 Å². The van der Waals surface area contributed by atoms with Crippen LogP contribution in [0.2, 0.25) is 0 Å². The average molecular weight is 238 g/mol. The molecule has 1 aromatic carbocycles. The van der Waals surface area contributed by atoms with Crippen molar-refractivity contribution in [1.82, 2.24) is 4.98 Å². The highest BCUT2D eigenvalue weighted by atomic mass is 15.0. The Morgan fingerprint density at radius 2 is 1.94 bits per heavy atom. The van der Waals surface area contributed by atoms with Gasteiger partial charge in [0.1, 0.15) is 5.82 Å². The Hall–Kier alpha value is -1.83. The van der Waals surface area contributed by atoms with Gasteiger partial charge in [-0.15, -0.1) is 0 Å². The summed E-state index contributed by atoms with van der Waals surface area (Å²) in [5.41, 5.74) is 4.09. The van der Waals surface area contributed by atoms with E-state index in [1.165, 1.54) is 16.7 Å². The van der Waals surface area contributed by atoms with Crippen molar-refractivity contribution >= 4 is 5.82 Å². The fraction of sp³-hybridized carbons (Fsp3) is 0.312. The minimum atomic E-state index is 0.440. The molecule has 2 nitrogen and oxygen atoms in total. The molecule has 2 heteroatoms. The zero-order valence-electron chi connectivity index (χ0n) is 10.9. The van der Waals surface area contributed by atoms with Gasteiger partial charge in [-0.05, 0) is 23.1 Å². The Morgan fingerprint density at radius 3 is 2.67 bits per heavy atom. The molecule has 1 aliphatic heterocycles. The summed E-state index contributed by atoms with van der Waals surface area (Å²) in [5.74, 6) is 2.07. The minimum absolute atomic E-state index is 0.440. The summed E-state index contributed by atoms with van der Waals surface area (Å²) in [6.45, 7) is 5.41. The lowest BCUT2D eigenvalue weighted by molar-refractivity contribution is 0.857. The summed E-state index contributed by atoms with van der Waals surface area (Å²) in [4.78, 5) is 4.37. The zero-order valence-corrected chi connectivity index (χ0v) is 10.9. The van der Waals surface area contributed by atoms with Gasteiger partial charge in [-0.25, -0.2) is 4.98 Å². The van der Waals surface area contributed by atoms with Gasteiger partial charge in [0.05, 0.1) is 0 Å². The Morgan fingerprint density at radius 1 is 1.17 bits per heavy atom. The fourth-order valence-electron chi connectivity index (χ4n) is 2.57. The summed E-state index contributed by atoms with van der Waals surface area (Å²) in [7, 11) is 0. The highest BCUT2D eigenvalue weighted by Gasteiger charge is 2.24. The minimum Gasteiger partial charge on any atom is -0.369 e. The first-order valence-corrected chi connectivity index (χ1v) is 6.54. The second-order valence-electron chi connectivity index (χ2n) is 5.20. The summed E-state index contributed by atoms with van der Waals surface area (Å²) in [6, 6.07) is 13.2. The molecule has 1 unspecified atom stereocenters. The maximum Gasteiger partial charge on any atom is 0.129 e. The van der Waals surface area contributed by atoms with E-state index in [1.807, 2.05) is 12.3 Å². The quantitative estimate of drug-likeness (QED) is 0.861. The van der Waals surface area contributed by atoms with Gasteiger partial charge >= 0.3 is 0 Å². The first kappa shape index (κ1) is 11.3. The molecule has 0 saturated carbocycles. The fourth-order valence-corrected chi connectivity index (χ4v) is 2.57. The van der Waals surface area contributed by atoms with Gasteiger partial charge < -0.3 is 5.32 Å². The standard InChI is InChI=1S/C16H18N2/c1-11(2)12-5-7-13(8-6-12)15-10-18-16-14(15)4-3-9-17-16/h3-9,11,15H,10H2,1-2H3,(H,17,18). The number of anilines is 1. The van der Waals surface area contributed by atoms with Crippen molar-refractivity contribution < 1.29 is 0 Å². The molecule has 2 heterocycles. The SMILES string of the molecule is CC(C)c1ccc(C2CNc3ncccc32)cc1. The van der Waals surface area contributed by atoms with Crippen molar-refractivity contribution in [3.8, 4) is 0 Å². The molecule has 1 atom stereocenters. The van der Waals surface area contributed by atoms with Crippen LogP contribution in [0.5, 0.6) is 0 Å². The number of rotatable bonds is 2. The largest absolute Gasteiger partial charge is 0.369 e. The third kappa shape index (κ3) is 1.88. The lowest BCUT2D eigenvalue weighted by Crippen LogP contribution is -2.03. The van der Waals surface area contributed by atoms with E-state index < -0.39 is 0 Å². The number of fused-ring (bicyclic) bond motifs is 1. The molecule has 1 aromatic heterocycles. The summed E-state index contributed by atoms with van der Waals surface area (Å²) >= 11 is 0. The Labute approximate surface area is 108 Å². The number of pyridine rings is 1. The predicted molar refractivity (Wildman–Crippen MR) is 75.1 cm³/mol. The monoisotopic (exact) mass is 238 g/mol. The van der Waals surface area contributed by atoms with Crippen molar-refractivity contribution in [2.45, 2.75) is 25.7 Å². The first-order valence-electron chi connectivity index (χ1n) is 6.54. The summed E-state index contributed by atoms with van der Waals surface area (Å²) in [6.07, 6.45) is 1.84. The highest BCUT2D eigenvalue weighted by molar-refractivity contribution is 5.55. The molecule has 92 valence electrons. The van der Waals surface area contributed by atoms with E-state index in [4.69, 9.17) is 0 Å². The lowest BCUT2D eigenvalue weighted by atomic mass is 9.92. The van der Waals surface area contributed by atoms with E-state index >= 15 is 0 Å². The normalized spacial score (nSPS) is 17.6. The number of hydrogen-bond donors (Lipinski definition) is 1. The molecular weight excluding hydrogens is 220 g/mol. The van der Waals surface area contributed by atoms with Crippen molar-refractivity contribution in [3.05, 3.63) is 59.3 Å². The maximum absolute atomic E-state index is 4.37. The van der Waals surface area contributed by atoms with Crippen LogP contribution in [-0.4, -0.2) is 11.5 Å². The van der Waals surface area contributed by atoms with Crippen LogP contribution in [-0.2, 0) is 0 Å². The smallest absolute Gasteiger partial charge is 0.129 e. The van der Waals surface area contributed by atoms with Crippen LogP contribution in [0.4, 0.5) is 5.82 Å². The molecule has 1 aliphatic rings. The Bertz CT molecular complexity index is 543. The van der Waals surface area contributed by atoms with Crippen molar-refractivity contribution in [2.24, 2.45) is 0 Å². The van der Waals surface area contributed by atoms with Gasteiger partial charge in [0.2, 0.25) is 0 Å². The average Bonchev–Trinajstić information content (AvgIpc) is 2.82. The van der Waals surface area contributed by atoms with Crippen LogP contribution in [0.1, 0.15) is 42.4 Å². The van der Waals surface area contributed by atoms with Gasteiger partial charge in [0.15, 0.2) is 0 Å². The molecular formula is C16H18N2. The number of aromatic nitrogens is 1. The Kier molecular flexibility index (Phi) is 2.78. The highest BCUT2D eigenvalue weighted by Crippen LogP contribution is 2.34. The number of nitrogens with one attached hydrogen (secondary N) is 1. The van der Waals surface area contributed by atoms with Gasteiger partial charge in [0.25, 0.3) is 0 Å². The molecule has 3 rings (SSSR count). The summed E-state index contributed by atoms with van der Waals surface area (Å²) in [5, 5.41) is 3.37. The van der Waals surface area contributed by atoms with Crippen molar-refractivity contribution in [3.63, 3.8) is 0 Å². The van der Waals surface area contributed by atoms with Gasteiger partial charge in [0, 0.05) is 24.2 Å². The topological polar surface area (TPSA) is 24.9 Å². The molecule has 1 N–H and O–H groups in total. The molecule has 0 amide bonds. The van der Waals surface area contributed by atoms with Crippen LogP contribution >= 0.6 is 0 Å². The molecule has 0 radical (unpaired) electrons. The van der Waals surface area contributed by atoms with E-state index in [1.54, 1.807) is 0 Å². The first-order chi connectivity index (χ1) is 8.75. The number of nitrogens with zero attached hydrogens (tertiary/aromatic N) is 1. The van der Waals surface area contributed by atoms with Crippen LogP contribution in [0.15, 0.2) is 42.6 Å². The van der Waals surface area contributed by atoms with Gasteiger partial charge in [-0.3, -0.25) is 0 Å². The van der Waals surface area contributed by atoms with E-state index in [2.05, 4.69) is 54.5 Å². The second-order valence-corrected chi connectivity index (χ2v) is 5.20. The van der Waals surface area contributed by atoms with Gasteiger partial charge in [-0.2, -0.15) is 0 Å².